The molecular formula is C16H12BrFN2O6. The van der Waals surface area contributed by atoms with Crippen molar-refractivity contribution < 1.29 is 28.4 Å². The zero-order valence-corrected chi connectivity index (χ0v) is 14.9. The lowest BCUT2D eigenvalue weighted by molar-refractivity contribution is -0.384. The van der Waals surface area contributed by atoms with Gasteiger partial charge in [-0.3, -0.25) is 14.9 Å². The monoisotopic (exact) mass is 426 g/mol. The number of amides is 1. The largest absolute Gasteiger partial charge is 0.494 e. The number of nitro benzene ring substituents is 1. The maximum atomic E-state index is 13.6. The van der Waals surface area contributed by atoms with E-state index in [0.29, 0.717) is 4.47 Å². The second kappa shape index (κ2) is 8.39. The summed E-state index contributed by atoms with van der Waals surface area (Å²) in [6.07, 6.45) is 0. The summed E-state index contributed by atoms with van der Waals surface area (Å²) in [5.41, 5.74) is -0.371. The van der Waals surface area contributed by atoms with Gasteiger partial charge in [-0.25, -0.2) is 9.18 Å². The van der Waals surface area contributed by atoms with E-state index < -0.39 is 29.2 Å². The Bertz CT molecular complexity index is 874. The van der Waals surface area contributed by atoms with Crippen molar-refractivity contribution in [2.24, 2.45) is 0 Å². The van der Waals surface area contributed by atoms with Crippen molar-refractivity contribution in [3.8, 4) is 5.75 Å². The standard InChI is InChI=1S/C16H12BrFN2O6/c1-25-14-7-10(20(23)24)3-5-13(14)19-15(21)8-26-16(22)11-6-9(17)2-4-12(11)18/h2-7H,8H2,1H3,(H,19,21). The molecule has 2 aromatic carbocycles. The van der Waals surface area contributed by atoms with Gasteiger partial charge in [-0.2, -0.15) is 0 Å². The van der Waals surface area contributed by atoms with Crippen LogP contribution in [0.1, 0.15) is 10.4 Å². The highest BCUT2D eigenvalue weighted by Crippen LogP contribution is 2.28. The Kier molecular flexibility index (Phi) is 6.23. The van der Waals surface area contributed by atoms with Gasteiger partial charge in [0.1, 0.15) is 11.6 Å². The molecule has 0 atom stereocenters. The van der Waals surface area contributed by atoms with Crippen molar-refractivity contribution in [3.05, 3.63) is 62.4 Å². The van der Waals surface area contributed by atoms with Gasteiger partial charge in [-0.05, 0) is 24.3 Å². The van der Waals surface area contributed by atoms with Crippen molar-refractivity contribution in [1.82, 2.24) is 0 Å². The quantitative estimate of drug-likeness (QED) is 0.431. The number of halogens is 2. The number of rotatable bonds is 6. The summed E-state index contributed by atoms with van der Waals surface area (Å²) >= 11 is 3.11. The van der Waals surface area contributed by atoms with Gasteiger partial charge in [0, 0.05) is 10.5 Å². The van der Waals surface area contributed by atoms with E-state index in [4.69, 9.17) is 9.47 Å². The first-order chi connectivity index (χ1) is 12.3. The number of non-ortho nitro benzene ring substituents is 1. The number of hydrogen-bond acceptors (Lipinski definition) is 6. The number of hydrogen-bond donors (Lipinski definition) is 1. The molecule has 10 heteroatoms. The fourth-order valence-corrected chi connectivity index (χ4v) is 2.31. The van der Waals surface area contributed by atoms with E-state index in [9.17, 15) is 24.1 Å². The van der Waals surface area contributed by atoms with Crippen LogP contribution in [0.5, 0.6) is 5.75 Å². The molecule has 0 unspecified atom stereocenters. The van der Waals surface area contributed by atoms with Gasteiger partial charge < -0.3 is 14.8 Å². The summed E-state index contributed by atoms with van der Waals surface area (Å²) in [6.45, 7) is -0.676. The van der Waals surface area contributed by atoms with Crippen molar-refractivity contribution in [2.75, 3.05) is 19.0 Å². The minimum Gasteiger partial charge on any atom is -0.494 e. The van der Waals surface area contributed by atoms with Crippen LogP contribution in [0.4, 0.5) is 15.8 Å². The van der Waals surface area contributed by atoms with E-state index in [1.54, 1.807) is 0 Å². The maximum Gasteiger partial charge on any atom is 0.341 e. The van der Waals surface area contributed by atoms with Crippen molar-refractivity contribution in [1.29, 1.82) is 0 Å². The molecule has 0 saturated heterocycles. The third kappa shape index (κ3) is 4.76. The highest BCUT2D eigenvalue weighted by atomic mass is 79.9. The Morgan fingerprint density at radius 1 is 1.27 bits per heavy atom. The summed E-state index contributed by atoms with van der Waals surface area (Å²) < 4.78 is 23.8. The lowest BCUT2D eigenvalue weighted by atomic mass is 10.2. The average Bonchev–Trinajstić information content (AvgIpc) is 2.61. The molecule has 136 valence electrons. The zero-order valence-electron chi connectivity index (χ0n) is 13.3. The number of ether oxygens (including phenoxy) is 2. The number of esters is 1. The van der Waals surface area contributed by atoms with Gasteiger partial charge in [-0.1, -0.05) is 15.9 Å². The number of benzene rings is 2. The zero-order chi connectivity index (χ0) is 19.3. The molecule has 0 saturated carbocycles. The number of carbonyl (C=O) groups is 2. The van der Waals surface area contributed by atoms with Gasteiger partial charge in [0.05, 0.1) is 29.4 Å². The van der Waals surface area contributed by atoms with Crippen LogP contribution in [0.3, 0.4) is 0 Å². The molecule has 0 radical (unpaired) electrons. The van der Waals surface area contributed by atoms with E-state index in [2.05, 4.69) is 21.2 Å². The van der Waals surface area contributed by atoms with E-state index in [-0.39, 0.29) is 22.7 Å². The SMILES string of the molecule is COc1cc([N+](=O)[O-])ccc1NC(=O)COC(=O)c1cc(Br)ccc1F. The lowest BCUT2D eigenvalue weighted by Crippen LogP contribution is -2.21. The van der Waals surface area contributed by atoms with Gasteiger partial charge >= 0.3 is 5.97 Å². The van der Waals surface area contributed by atoms with Crippen LogP contribution in [0.2, 0.25) is 0 Å². The van der Waals surface area contributed by atoms with Crippen LogP contribution in [-0.4, -0.2) is 30.5 Å². The Morgan fingerprint density at radius 3 is 2.65 bits per heavy atom. The predicted octanol–water partition coefficient (Wildman–Crippen LogP) is 3.30. The van der Waals surface area contributed by atoms with Crippen LogP contribution in [-0.2, 0) is 9.53 Å². The number of methoxy groups -OCH3 is 1. The number of anilines is 1. The fraction of sp³-hybridized carbons (Fsp3) is 0.125. The van der Waals surface area contributed by atoms with Gasteiger partial charge in [0.15, 0.2) is 6.61 Å². The number of carbonyl (C=O) groups excluding carboxylic acids is 2. The normalized spacial score (nSPS) is 10.1. The van der Waals surface area contributed by atoms with E-state index in [1.165, 1.54) is 31.4 Å². The maximum absolute atomic E-state index is 13.6. The van der Waals surface area contributed by atoms with Crippen LogP contribution >= 0.6 is 15.9 Å². The molecule has 0 aliphatic rings. The van der Waals surface area contributed by atoms with Crippen LogP contribution < -0.4 is 10.1 Å². The fourth-order valence-electron chi connectivity index (χ4n) is 1.95. The molecular weight excluding hydrogens is 415 g/mol. The topological polar surface area (TPSA) is 108 Å². The van der Waals surface area contributed by atoms with E-state index in [0.717, 1.165) is 12.1 Å². The van der Waals surface area contributed by atoms with Gasteiger partial charge in [0.25, 0.3) is 11.6 Å². The minimum atomic E-state index is -1.00. The van der Waals surface area contributed by atoms with E-state index in [1.807, 2.05) is 0 Å². The van der Waals surface area contributed by atoms with Gasteiger partial charge in [0.2, 0.25) is 0 Å². The van der Waals surface area contributed by atoms with Crippen molar-refractivity contribution in [3.63, 3.8) is 0 Å². The van der Waals surface area contributed by atoms with Crippen molar-refractivity contribution in [2.45, 2.75) is 0 Å². The Hall–Kier alpha value is -3.01. The molecule has 26 heavy (non-hydrogen) atoms. The Labute approximate surface area is 155 Å². The van der Waals surface area contributed by atoms with E-state index >= 15 is 0 Å². The molecule has 0 aliphatic heterocycles. The average molecular weight is 427 g/mol. The second-order valence-corrected chi connectivity index (χ2v) is 5.81. The highest BCUT2D eigenvalue weighted by molar-refractivity contribution is 9.10. The third-order valence-corrected chi connectivity index (χ3v) is 3.65. The molecule has 1 amide bonds. The molecule has 0 aliphatic carbocycles. The Morgan fingerprint density at radius 2 is 2.00 bits per heavy atom. The van der Waals surface area contributed by atoms with Crippen molar-refractivity contribution >= 4 is 39.2 Å². The molecule has 2 aromatic rings. The molecule has 0 fully saturated rings. The van der Waals surface area contributed by atoms with Crippen LogP contribution in [0, 0.1) is 15.9 Å². The molecule has 0 bridgehead atoms. The second-order valence-electron chi connectivity index (χ2n) is 4.89. The first kappa shape index (κ1) is 19.3. The minimum absolute atomic E-state index is 0.0666. The summed E-state index contributed by atoms with van der Waals surface area (Å²) in [4.78, 5) is 33.9. The summed E-state index contributed by atoms with van der Waals surface area (Å²) in [5, 5.41) is 13.1. The molecule has 0 aromatic heterocycles. The molecule has 2 rings (SSSR count). The van der Waals surface area contributed by atoms with Gasteiger partial charge in [-0.15, -0.1) is 0 Å². The molecule has 8 nitrogen and oxygen atoms in total. The summed E-state index contributed by atoms with van der Waals surface area (Å²) in [5.74, 6) is -2.44. The first-order valence-corrected chi connectivity index (χ1v) is 7.85. The number of nitrogens with one attached hydrogen (secondary N) is 1. The summed E-state index contributed by atoms with van der Waals surface area (Å²) in [7, 11) is 1.28. The first-order valence-electron chi connectivity index (χ1n) is 7.06. The van der Waals surface area contributed by atoms with Crippen LogP contribution in [0.25, 0.3) is 0 Å². The number of nitrogens with zero attached hydrogens (tertiary/aromatic N) is 1. The lowest BCUT2D eigenvalue weighted by Gasteiger charge is -2.10. The van der Waals surface area contributed by atoms with Crippen LogP contribution in [0.15, 0.2) is 40.9 Å². The molecule has 0 spiro atoms. The Balaban J connectivity index is 2.02. The molecule has 0 heterocycles. The predicted molar refractivity (Wildman–Crippen MR) is 92.7 cm³/mol. The smallest absolute Gasteiger partial charge is 0.341 e. The molecule has 1 N–H and O–H groups in total. The number of nitro groups is 1. The third-order valence-electron chi connectivity index (χ3n) is 3.15. The highest BCUT2D eigenvalue weighted by Gasteiger charge is 2.17. The summed E-state index contributed by atoms with van der Waals surface area (Å²) in [6, 6.07) is 7.33.